The average Bonchev–Trinajstić information content (AvgIpc) is 2.84. The summed E-state index contributed by atoms with van der Waals surface area (Å²) in [5.41, 5.74) is 0.729. The molecule has 100 valence electrons. The molecule has 2 heterocycles. The van der Waals surface area contributed by atoms with Gasteiger partial charge in [-0.2, -0.15) is 4.31 Å². The van der Waals surface area contributed by atoms with E-state index < -0.39 is 16.1 Å². The summed E-state index contributed by atoms with van der Waals surface area (Å²) in [7, 11) is -1.77. The van der Waals surface area contributed by atoms with Crippen molar-refractivity contribution < 1.29 is 13.2 Å². The second kappa shape index (κ2) is 4.69. The fraction of sp³-hybridized carbons (Fsp3) is 0.600. The van der Waals surface area contributed by atoms with Crippen LogP contribution in [0.3, 0.4) is 0 Å². The van der Waals surface area contributed by atoms with Gasteiger partial charge in [-0.1, -0.05) is 0 Å². The lowest BCUT2D eigenvalue weighted by Crippen LogP contribution is -2.46. The number of imidazole rings is 1. The Morgan fingerprint density at radius 3 is 2.94 bits per heavy atom. The standard InChI is InChI=1S/C10H16N4O3S/c1-3-18(16,17)13-5-8-4-12-7-14(8)9(6-13)10(15)11-2/h4,7,9H,3,5-6H2,1-2H3,(H,11,15)/t9-/m1/s1. The van der Waals surface area contributed by atoms with Crippen LogP contribution in [-0.2, 0) is 21.4 Å². The van der Waals surface area contributed by atoms with E-state index in [1.165, 1.54) is 11.4 Å². The number of fused-ring (bicyclic) bond motifs is 1. The van der Waals surface area contributed by atoms with Crippen molar-refractivity contribution in [2.45, 2.75) is 19.5 Å². The summed E-state index contributed by atoms with van der Waals surface area (Å²) in [4.78, 5) is 15.8. The van der Waals surface area contributed by atoms with Gasteiger partial charge in [0.2, 0.25) is 15.9 Å². The van der Waals surface area contributed by atoms with Crippen LogP contribution in [0, 0.1) is 0 Å². The molecule has 1 aromatic heterocycles. The molecule has 2 rings (SSSR count). The van der Waals surface area contributed by atoms with E-state index in [0.29, 0.717) is 0 Å². The fourth-order valence-corrected chi connectivity index (χ4v) is 3.09. The zero-order valence-corrected chi connectivity index (χ0v) is 11.1. The Balaban J connectivity index is 2.37. The first-order valence-corrected chi connectivity index (χ1v) is 7.30. The zero-order valence-electron chi connectivity index (χ0n) is 10.3. The van der Waals surface area contributed by atoms with Gasteiger partial charge in [-0.25, -0.2) is 13.4 Å². The number of carbonyl (C=O) groups is 1. The van der Waals surface area contributed by atoms with E-state index in [4.69, 9.17) is 0 Å². The monoisotopic (exact) mass is 272 g/mol. The summed E-state index contributed by atoms with van der Waals surface area (Å²) in [6.45, 7) is 2.01. The molecule has 1 aromatic rings. The van der Waals surface area contributed by atoms with Crippen LogP contribution in [0.15, 0.2) is 12.5 Å². The highest BCUT2D eigenvalue weighted by molar-refractivity contribution is 7.89. The molecule has 0 saturated heterocycles. The molecule has 8 heteroatoms. The van der Waals surface area contributed by atoms with Gasteiger partial charge in [0.1, 0.15) is 6.04 Å². The molecule has 0 radical (unpaired) electrons. The molecule has 1 atom stereocenters. The van der Waals surface area contributed by atoms with Crippen molar-refractivity contribution in [1.29, 1.82) is 0 Å². The molecule has 0 spiro atoms. The van der Waals surface area contributed by atoms with E-state index in [1.54, 1.807) is 24.0 Å². The Bertz CT molecular complexity index is 551. The third-order valence-corrected chi connectivity index (χ3v) is 4.90. The number of amides is 1. The van der Waals surface area contributed by atoms with E-state index in [-0.39, 0.29) is 24.7 Å². The first-order valence-electron chi connectivity index (χ1n) is 5.69. The van der Waals surface area contributed by atoms with Crippen molar-refractivity contribution >= 4 is 15.9 Å². The molecule has 7 nitrogen and oxygen atoms in total. The molecule has 0 fully saturated rings. The van der Waals surface area contributed by atoms with Crippen LogP contribution in [0.2, 0.25) is 0 Å². The van der Waals surface area contributed by atoms with Crippen LogP contribution < -0.4 is 5.32 Å². The Morgan fingerprint density at radius 1 is 1.61 bits per heavy atom. The number of nitrogens with zero attached hydrogens (tertiary/aromatic N) is 3. The van der Waals surface area contributed by atoms with Crippen LogP contribution in [0.1, 0.15) is 18.7 Å². The van der Waals surface area contributed by atoms with E-state index >= 15 is 0 Å². The lowest BCUT2D eigenvalue weighted by Gasteiger charge is -2.32. The van der Waals surface area contributed by atoms with Crippen LogP contribution in [0.25, 0.3) is 0 Å². The highest BCUT2D eigenvalue weighted by Gasteiger charge is 2.34. The highest BCUT2D eigenvalue weighted by Crippen LogP contribution is 2.23. The smallest absolute Gasteiger partial charge is 0.244 e. The highest BCUT2D eigenvalue weighted by atomic mass is 32.2. The Labute approximate surface area is 106 Å². The first-order chi connectivity index (χ1) is 8.49. The Morgan fingerprint density at radius 2 is 2.33 bits per heavy atom. The van der Waals surface area contributed by atoms with Gasteiger partial charge in [0, 0.05) is 19.8 Å². The Hall–Kier alpha value is -1.41. The molecule has 1 N–H and O–H groups in total. The summed E-state index contributed by atoms with van der Waals surface area (Å²) >= 11 is 0. The topological polar surface area (TPSA) is 84.3 Å². The number of aromatic nitrogens is 2. The van der Waals surface area contributed by atoms with E-state index in [1.807, 2.05) is 0 Å². The van der Waals surface area contributed by atoms with Gasteiger partial charge in [-0.05, 0) is 6.92 Å². The van der Waals surface area contributed by atoms with Gasteiger partial charge < -0.3 is 9.88 Å². The van der Waals surface area contributed by atoms with Crippen LogP contribution >= 0.6 is 0 Å². The molecule has 18 heavy (non-hydrogen) atoms. The first kappa shape index (κ1) is 13.0. The maximum atomic E-state index is 11.9. The normalized spacial score (nSPS) is 20.4. The summed E-state index contributed by atoms with van der Waals surface area (Å²) in [5, 5.41) is 2.55. The van der Waals surface area contributed by atoms with Crippen molar-refractivity contribution in [3.8, 4) is 0 Å². The van der Waals surface area contributed by atoms with Crippen molar-refractivity contribution in [3.05, 3.63) is 18.2 Å². The van der Waals surface area contributed by atoms with Crippen LogP contribution in [0.5, 0.6) is 0 Å². The van der Waals surface area contributed by atoms with Gasteiger partial charge in [0.25, 0.3) is 0 Å². The average molecular weight is 272 g/mol. The minimum absolute atomic E-state index is 0.0294. The fourth-order valence-electron chi connectivity index (χ4n) is 2.03. The maximum absolute atomic E-state index is 11.9. The van der Waals surface area contributed by atoms with E-state index in [9.17, 15) is 13.2 Å². The van der Waals surface area contributed by atoms with Crippen LogP contribution in [-0.4, -0.2) is 47.5 Å². The molecular formula is C10H16N4O3S. The summed E-state index contributed by atoms with van der Waals surface area (Å²) in [5.74, 6) is -0.188. The number of sulfonamides is 1. The molecule has 1 aliphatic rings. The van der Waals surface area contributed by atoms with Crippen molar-refractivity contribution in [2.75, 3.05) is 19.3 Å². The van der Waals surface area contributed by atoms with Crippen molar-refractivity contribution in [1.82, 2.24) is 19.2 Å². The molecule has 1 amide bonds. The van der Waals surface area contributed by atoms with E-state index in [0.717, 1.165) is 5.69 Å². The van der Waals surface area contributed by atoms with Gasteiger partial charge in [0.05, 0.1) is 24.3 Å². The zero-order chi connectivity index (χ0) is 13.3. The molecule has 0 bridgehead atoms. The molecule has 0 unspecified atom stereocenters. The van der Waals surface area contributed by atoms with Gasteiger partial charge in [-0.3, -0.25) is 4.79 Å². The predicted octanol–water partition coefficient (Wildman–Crippen LogP) is -0.664. The number of hydrogen-bond donors (Lipinski definition) is 1. The molecular weight excluding hydrogens is 256 g/mol. The summed E-state index contributed by atoms with van der Waals surface area (Å²) in [6.07, 6.45) is 3.15. The second-order valence-electron chi connectivity index (χ2n) is 4.12. The van der Waals surface area contributed by atoms with Gasteiger partial charge in [-0.15, -0.1) is 0 Å². The second-order valence-corrected chi connectivity index (χ2v) is 6.37. The van der Waals surface area contributed by atoms with Gasteiger partial charge >= 0.3 is 0 Å². The number of carbonyl (C=O) groups excluding carboxylic acids is 1. The maximum Gasteiger partial charge on any atom is 0.244 e. The lowest BCUT2D eigenvalue weighted by atomic mass is 10.2. The van der Waals surface area contributed by atoms with Crippen molar-refractivity contribution in [2.24, 2.45) is 0 Å². The predicted molar refractivity (Wildman–Crippen MR) is 65.2 cm³/mol. The third kappa shape index (κ3) is 2.13. The minimum Gasteiger partial charge on any atom is -0.357 e. The molecule has 0 saturated carbocycles. The largest absolute Gasteiger partial charge is 0.357 e. The number of likely N-dealkylation sites (N-methyl/N-ethyl adjacent to an activating group) is 1. The number of nitrogens with one attached hydrogen (secondary N) is 1. The Kier molecular flexibility index (Phi) is 3.40. The lowest BCUT2D eigenvalue weighted by molar-refractivity contribution is -0.124. The summed E-state index contributed by atoms with van der Waals surface area (Å²) in [6, 6.07) is -0.553. The van der Waals surface area contributed by atoms with Crippen molar-refractivity contribution in [3.63, 3.8) is 0 Å². The van der Waals surface area contributed by atoms with E-state index in [2.05, 4.69) is 10.3 Å². The molecule has 0 aromatic carbocycles. The molecule has 1 aliphatic heterocycles. The number of rotatable bonds is 3. The third-order valence-electron chi connectivity index (χ3n) is 3.10. The summed E-state index contributed by atoms with van der Waals surface area (Å²) < 4.78 is 26.9. The molecule has 0 aliphatic carbocycles. The minimum atomic E-state index is -3.30. The SMILES string of the molecule is CCS(=O)(=O)N1Cc2cncn2[C@@H](C(=O)NC)C1. The quantitative estimate of drug-likeness (QED) is 0.791. The number of hydrogen-bond acceptors (Lipinski definition) is 4. The van der Waals surface area contributed by atoms with Crippen LogP contribution in [0.4, 0.5) is 0 Å². The van der Waals surface area contributed by atoms with Gasteiger partial charge in [0.15, 0.2) is 0 Å².